The Balaban J connectivity index is 1.77. The van der Waals surface area contributed by atoms with E-state index in [1.807, 2.05) is 0 Å². The molecule has 21 heavy (non-hydrogen) atoms. The van der Waals surface area contributed by atoms with Crippen LogP contribution in [0.3, 0.4) is 0 Å². The summed E-state index contributed by atoms with van der Waals surface area (Å²) in [6, 6.07) is 0.477. The largest absolute Gasteiger partial charge is 0.481 e. The fourth-order valence-corrected chi connectivity index (χ4v) is 4.79. The highest BCUT2D eigenvalue weighted by atomic mass is 32.1. The van der Waals surface area contributed by atoms with Crippen LogP contribution in [0.4, 0.5) is 5.13 Å². The molecule has 0 bridgehead atoms. The molecule has 116 valence electrons. The molecule has 1 aromatic heterocycles. The third kappa shape index (κ3) is 2.93. The number of nitrogens with one attached hydrogen (secondary N) is 1. The number of aryl methyl sites for hydroxylation is 1. The van der Waals surface area contributed by atoms with E-state index in [0.717, 1.165) is 36.0 Å². The van der Waals surface area contributed by atoms with Crippen molar-refractivity contribution < 1.29 is 9.90 Å². The third-order valence-electron chi connectivity index (χ3n) is 5.27. The van der Waals surface area contributed by atoms with E-state index in [-0.39, 0.29) is 0 Å². The van der Waals surface area contributed by atoms with Crippen LogP contribution in [0, 0.1) is 11.8 Å². The number of rotatable bonds is 3. The Morgan fingerprint density at radius 3 is 2.86 bits per heavy atom. The van der Waals surface area contributed by atoms with E-state index in [0.29, 0.717) is 12.0 Å². The number of fused-ring (bicyclic) bond motifs is 1. The van der Waals surface area contributed by atoms with Gasteiger partial charge in [-0.05, 0) is 37.5 Å². The van der Waals surface area contributed by atoms with Crippen LogP contribution in [0.1, 0.15) is 62.4 Å². The number of hydrogen-bond acceptors (Lipinski definition) is 4. The lowest BCUT2D eigenvalue weighted by molar-refractivity contribution is -0.139. The van der Waals surface area contributed by atoms with E-state index in [1.165, 1.54) is 24.1 Å². The van der Waals surface area contributed by atoms with Crippen LogP contribution in [0.15, 0.2) is 0 Å². The minimum atomic E-state index is -0.729. The van der Waals surface area contributed by atoms with Gasteiger partial charge in [-0.25, -0.2) is 4.98 Å². The Kier molecular flexibility index (Phi) is 4.20. The molecule has 1 heterocycles. The quantitative estimate of drug-likeness (QED) is 0.889. The number of thiazole rings is 1. The van der Waals surface area contributed by atoms with Crippen LogP contribution in [0.25, 0.3) is 0 Å². The second-order valence-electron chi connectivity index (χ2n) is 6.63. The van der Waals surface area contributed by atoms with Gasteiger partial charge in [-0.15, -0.1) is 11.3 Å². The van der Waals surface area contributed by atoms with E-state index in [1.54, 1.807) is 11.3 Å². The van der Waals surface area contributed by atoms with Gasteiger partial charge in [-0.2, -0.15) is 0 Å². The zero-order valence-corrected chi connectivity index (χ0v) is 13.6. The predicted molar refractivity (Wildman–Crippen MR) is 85.0 cm³/mol. The minimum Gasteiger partial charge on any atom is -0.481 e. The Bertz CT molecular complexity index is 528. The van der Waals surface area contributed by atoms with E-state index in [9.17, 15) is 9.90 Å². The molecule has 3 rings (SSSR count). The summed E-state index contributed by atoms with van der Waals surface area (Å²) in [7, 11) is 0. The molecular formula is C16H24N2O2S. The molecular weight excluding hydrogens is 284 g/mol. The maximum Gasteiger partial charge on any atom is 0.312 e. The summed E-state index contributed by atoms with van der Waals surface area (Å²) in [5.74, 6) is 0.267. The molecule has 2 N–H and O–H groups in total. The van der Waals surface area contributed by atoms with Gasteiger partial charge in [0.15, 0.2) is 5.13 Å². The molecule has 2 aliphatic carbocycles. The maximum absolute atomic E-state index is 11.4. The number of carbonyl (C=O) groups is 1. The monoisotopic (exact) mass is 308 g/mol. The lowest BCUT2D eigenvalue weighted by Gasteiger charge is -2.34. The van der Waals surface area contributed by atoms with Crippen molar-refractivity contribution in [1.29, 1.82) is 0 Å². The highest BCUT2D eigenvalue weighted by molar-refractivity contribution is 7.15. The second kappa shape index (κ2) is 5.95. The number of hydrogen-bond donors (Lipinski definition) is 2. The Labute approximate surface area is 130 Å². The highest BCUT2D eigenvalue weighted by Crippen LogP contribution is 2.38. The minimum absolute atomic E-state index is 0.400. The molecule has 1 saturated carbocycles. The molecule has 5 heteroatoms. The van der Waals surface area contributed by atoms with E-state index >= 15 is 0 Å². The molecule has 2 aliphatic rings. The van der Waals surface area contributed by atoms with Gasteiger partial charge in [0, 0.05) is 10.9 Å². The van der Waals surface area contributed by atoms with Crippen LogP contribution < -0.4 is 5.32 Å². The Morgan fingerprint density at radius 1 is 1.29 bits per heavy atom. The summed E-state index contributed by atoms with van der Waals surface area (Å²) in [5, 5.41) is 13.9. The van der Waals surface area contributed by atoms with Crippen molar-refractivity contribution >= 4 is 22.4 Å². The molecule has 1 fully saturated rings. The summed E-state index contributed by atoms with van der Waals surface area (Å²) >= 11 is 1.67. The molecule has 0 radical (unpaired) electrons. The number of nitrogens with zero attached hydrogens (tertiary/aromatic N) is 1. The van der Waals surface area contributed by atoms with Gasteiger partial charge in [-0.1, -0.05) is 26.7 Å². The van der Waals surface area contributed by atoms with Crippen molar-refractivity contribution in [2.45, 2.75) is 64.3 Å². The lowest BCUT2D eigenvalue weighted by Crippen LogP contribution is -2.34. The van der Waals surface area contributed by atoms with Crippen molar-refractivity contribution in [1.82, 2.24) is 4.98 Å². The summed E-state index contributed by atoms with van der Waals surface area (Å²) in [6.45, 7) is 4.64. The van der Waals surface area contributed by atoms with Gasteiger partial charge >= 0.3 is 5.97 Å². The summed E-state index contributed by atoms with van der Waals surface area (Å²) in [5.41, 5.74) is 0.817. The fraction of sp³-hybridized carbons (Fsp3) is 0.750. The number of carboxylic acids is 1. The SMILES string of the molecule is CC1CCCC(Nc2nc3c(s2)CCCC3C(=O)O)C1C. The summed E-state index contributed by atoms with van der Waals surface area (Å²) < 4.78 is 0. The van der Waals surface area contributed by atoms with Crippen LogP contribution in [-0.2, 0) is 11.2 Å². The highest BCUT2D eigenvalue weighted by Gasteiger charge is 2.32. The Hall–Kier alpha value is -1.10. The van der Waals surface area contributed by atoms with Crippen LogP contribution in [0.5, 0.6) is 0 Å². The molecule has 0 aliphatic heterocycles. The first-order valence-corrected chi connectivity index (χ1v) is 8.87. The molecule has 4 atom stereocenters. The zero-order valence-electron chi connectivity index (χ0n) is 12.8. The number of carboxylic acid groups (broad SMARTS) is 1. The fourth-order valence-electron chi connectivity index (χ4n) is 3.66. The van der Waals surface area contributed by atoms with Crippen molar-refractivity contribution in [3.8, 4) is 0 Å². The average molecular weight is 308 g/mol. The summed E-state index contributed by atoms with van der Waals surface area (Å²) in [4.78, 5) is 17.2. The topological polar surface area (TPSA) is 62.2 Å². The number of aromatic nitrogens is 1. The van der Waals surface area contributed by atoms with E-state index in [4.69, 9.17) is 0 Å². The van der Waals surface area contributed by atoms with Crippen molar-refractivity contribution in [3.05, 3.63) is 10.6 Å². The molecule has 0 saturated heterocycles. The lowest BCUT2D eigenvalue weighted by atomic mass is 9.78. The van der Waals surface area contributed by atoms with E-state index < -0.39 is 11.9 Å². The first-order valence-electron chi connectivity index (χ1n) is 8.05. The average Bonchev–Trinajstić information content (AvgIpc) is 2.85. The van der Waals surface area contributed by atoms with Crippen molar-refractivity contribution in [3.63, 3.8) is 0 Å². The van der Waals surface area contributed by atoms with Gasteiger partial charge < -0.3 is 10.4 Å². The predicted octanol–water partition coefficient (Wildman–Crippen LogP) is 3.88. The van der Waals surface area contributed by atoms with Crippen LogP contribution >= 0.6 is 11.3 Å². The van der Waals surface area contributed by atoms with Crippen molar-refractivity contribution in [2.75, 3.05) is 5.32 Å². The van der Waals surface area contributed by atoms with Gasteiger partial charge in [0.1, 0.15) is 5.92 Å². The molecule has 4 unspecified atom stereocenters. The van der Waals surface area contributed by atoms with Gasteiger partial charge in [-0.3, -0.25) is 4.79 Å². The molecule has 1 aromatic rings. The third-order valence-corrected chi connectivity index (χ3v) is 6.33. The molecule has 4 nitrogen and oxygen atoms in total. The first kappa shape index (κ1) is 14.8. The van der Waals surface area contributed by atoms with Crippen LogP contribution in [-0.4, -0.2) is 22.1 Å². The second-order valence-corrected chi connectivity index (χ2v) is 7.71. The molecule has 0 spiro atoms. The first-order chi connectivity index (χ1) is 10.1. The number of anilines is 1. The standard InChI is InChI=1S/C16H24N2O2S/c1-9-5-3-7-12(10(9)2)17-16-18-14-11(15(19)20)6-4-8-13(14)21-16/h9-12H,3-8H2,1-2H3,(H,17,18)(H,19,20). The Morgan fingerprint density at radius 2 is 2.10 bits per heavy atom. The number of aliphatic carboxylic acids is 1. The van der Waals surface area contributed by atoms with Gasteiger partial charge in [0.05, 0.1) is 5.69 Å². The zero-order chi connectivity index (χ0) is 15.0. The van der Waals surface area contributed by atoms with Gasteiger partial charge in [0.25, 0.3) is 0 Å². The maximum atomic E-state index is 11.4. The van der Waals surface area contributed by atoms with Crippen LogP contribution in [0.2, 0.25) is 0 Å². The smallest absolute Gasteiger partial charge is 0.312 e. The van der Waals surface area contributed by atoms with Gasteiger partial charge in [0.2, 0.25) is 0 Å². The molecule has 0 amide bonds. The van der Waals surface area contributed by atoms with E-state index in [2.05, 4.69) is 24.1 Å². The molecule has 0 aromatic carbocycles. The normalized spacial score (nSPS) is 32.5. The summed E-state index contributed by atoms with van der Waals surface area (Å²) in [6.07, 6.45) is 6.44. The van der Waals surface area contributed by atoms with Crippen molar-refractivity contribution in [2.24, 2.45) is 11.8 Å².